The van der Waals surface area contributed by atoms with E-state index in [1.807, 2.05) is 48.5 Å². The third-order valence-corrected chi connectivity index (χ3v) is 4.76. The zero-order valence-corrected chi connectivity index (χ0v) is 14.5. The molecule has 0 radical (unpaired) electrons. The molecule has 0 saturated carbocycles. The number of carbonyl (C=O) groups is 1. The first kappa shape index (κ1) is 15.9. The quantitative estimate of drug-likeness (QED) is 0.742. The van der Waals surface area contributed by atoms with Gasteiger partial charge in [0, 0.05) is 10.6 Å². The van der Waals surface area contributed by atoms with Crippen LogP contribution < -0.4 is 5.32 Å². The van der Waals surface area contributed by atoms with Gasteiger partial charge in [-0.3, -0.25) is 4.79 Å². The number of benzene rings is 2. The number of aryl methyl sites for hydroxylation is 2. The summed E-state index contributed by atoms with van der Waals surface area (Å²) in [6, 6.07) is 15.4. The fourth-order valence-electron chi connectivity index (χ4n) is 3.27. The first-order chi connectivity index (χ1) is 12.1. The lowest BCUT2D eigenvalue weighted by Crippen LogP contribution is -2.28. The van der Waals surface area contributed by atoms with E-state index in [9.17, 15) is 4.79 Å². The topological polar surface area (TPSA) is 55.1 Å². The number of oxazole rings is 1. The predicted octanol–water partition coefficient (Wildman–Crippen LogP) is 4.72. The molecule has 0 aliphatic heterocycles. The number of fused-ring (bicyclic) bond motifs is 1. The fourth-order valence-corrected chi connectivity index (χ4v) is 3.47. The summed E-state index contributed by atoms with van der Waals surface area (Å²) in [6.45, 7) is 1.76. The number of hydrogen-bond donors (Lipinski definition) is 1. The second-order valence-electron chi connectivity index (χ2n) is 6.20. The maximum Gasteiger partial charge on any atom is 0.274 e. The van der Waals surface area contributed by atoms with Gasteiger partial charge in [-0.2, -0.15) is 0 Å². The summed E-state index contributed by atoms with van der Waals surface area (Å²) in [5, 5.41) is 3.80. The standard InChI is InChI=1S/C20H17ClN2O2/c1-12-18(23-20(25-12)13-5-3-2-4-6-13)19(24)22-17-10-7-14-11-15(21)8-9-16(14)17/h2-6,8-9,11,17H,7,10H2,1H3,(H,22,24). The number of rotatable bonds is 3. The molecule has 2 aromatic carbocycles. The highest BCUT2D eigenvalue weighted by molar-refractivity contribution is 6.30. The Balaban J connectivity index is 1.56. The van der Waals surface area contributed by atoms with Crippen LogP contribution in [0.5, 0.6) is 0 Å². The van der Waals surface area contributed by atoms with Gasteiger partial charge in [0.1, 0.15) is 5.76 Å². The Morgan fingerprint density at radius 1 is 1.24 bits per heavy atom. The normalized spacial score (nSPS) is 15.8. The molecule has 1 heterocycles. The van der Waals surface area contributed by atoms with Crippen molar-refractivity contribution in [1.82, 2.24) is 10.3 Å². The summed E-state index contributed by atoms with van der Waals surface area (Å²) in [5.74, 6) is 0.767. The van der Waals surface area contributed by atoms with E-state index in [0.717, 1.165) is 29.0 Å². The van der Waals surface area contributed by atoms with Crippen molar-refractivity contribution in [3.05, 3.63) is 76.1 Å². The molecule has 0 bridgehead atoms. The van der Waals surface area contributed by atoms with Crippen LogP contribution in [0, 0.1) is 6.92 Å². The van der Waals surface area contributed by atoms with Gasteiger partial charge in [-0.1, -0.05) is 35.9 Å². The molecule has 126 valence electrons. The van der Waals surface area contributed by atoms with Gasteiger partial charge in [0.25, 0.3) is 5.91 Å². The number of nitrogens with one attached hydrogen (secondary N) is 1. The van der Waals surface area contributed by atoms with E-state index in [0.29, 0.717) is 17.3 Å². The van der Waals surface area contributed by atoms with Crippen molar-refractivity contribution in [3.63, 3.8) is 0 Å². The zero-order chi connectivity index (χ0) is 17.4. The molecule has 4 nitrogen and oxygen atoms in total. The van der Waals surface area contributed by atoms with Crippen molar-refractivity contribution in [2.75, 3.05) is 0 Å². The van der Waals surface area contributed by atoms with Crippen molar-refractivity contribution >= 4 is 17.5 Å². The minimum Gasteiger partial charge on any atom is -0.441 e. The second-order valence-corrected chi connectivity index (χ2v) is 6.63. The molecule has 1 aliphatic carbocycles. The fraction of sp³-hybridized carbons (Fsp3) is 0.200. The highest BCUT2D eigenvalue weighted by Gasteiger charge is 2.26. The molecule has 25 heavy (non-hydrogen) atoms. The van der Waals surface area contributed by atoms with E-state index < -0.39 is 0 Å². The summed E-state index contributed by atoms with van der Waals surface area (Å²) in [6.07, 6.45) is 1.78. The van der Waals surface area contributed by atoms with E-state index in [1.165, 1.54) is 5.56 Å². The highest BCUT2D eigenvalue weighted by atomic mass is 35.5. The van der Waals surface area contributed by atoms with Gasteiger partial charge in [-0.15, -0.1) is 0 Å². The van der Waals surface area contributed by atoms with Gasteiger partial charge in [-0.25, -0.2) is 4.98 Å². The third kappa shape index (κ3) is 3.05. The molecule has 0 spiro atoms. The van der Waals surface area contributed by atoms with E-state index in [4.69, 9.17) is 16.0 Å². The maximum atomic E-state index is 12.7. The summed E-state index contributed by atoms with van der Waals surface area (Å²) < 4.78 is 5.68. The Morgan fingerprint density at radius 3 is 2.84 bits per heavy atom. The van der Waals surface area contributed by atoms with Crippen molar-refractivity contribution in [3.8, 4) is 11.5 Å². The molecule has 5 heteroatoms. The number of halogens is 1. The van der Waals surface area contributed by atoms with E-state index in [1.54, 1.807) is 6.92 Å². The van der Waals surface area contributed by atoms with Crippen LogP contribution in [0.4, 0.5) is 0 Å². The van der Waals surface area contributed by atoms with Gasteiger partial charge in [0.2, 0.25) is 5.89 Å². The van der Waals surface area contributed by atoms with Crippen LogP contribution in [0.25, 0.3) is 11.5 Å². The smallest absolute Gasteiger partial charge is 0.274 e. The Bertz CT molecular complexity index is 934. The molecule has 1 N–H and O–H groups in total. The van der Waals surface area contributed by atoms with Crippen LogP contribution in [-0.4, -0.2) is 10.9 Å². The summed E-state index contributed by atoms with van der Waals surface area (Å²) in [4.78, 5) is 17.1. The molecular weight excluding hydrogens is 336 g/mol. The molecule has 1 amide bonds. The molecule has 1 atom stereocenters. The Hall–Kier alpha value is -2.59. The number of aromatic nitrogens is 1. The largest absolute Gasteiger partial charge is 0.441 e. The van der Waals surface area contributed by atoms with E-state index >= 15 is 0 Å². The third-order valence-electron chi connectivity index (χ3n) is 4.52. The zero-order valence-electron chi connectivity index (χ0n) is 13.8. The maximum absolute atomic E-state index is 12.7. The Kier molecular flexibility index (Phi) is 4.06. The van der Waals surface area contributed by atoms with Crippen molar-refractivity contribution < 1.29 is 9.21 Å². The molecule has 1 aliphatic rings. The SMILES string of the molecule is Cc1oc(-c2ccccc2)nc1C(=O)NC1CCc2cc(Cl)ccc21. The molecule has 0 saturated heterocycles. The Morgan fingerprint density at radius 2 is 2.04 bits per heavy atom. The summed E-state index contributed by atoms with van der Waals surface area (Å²) >= 11 is 6.04. The van der Waals surface area contributed by atoms with Crippen LogP contribution in [0.1, 0.15) is 39.8 Å². The Labute approximate surface area is 150 Å². The van der Waals surface area contributed by atoms with Crippen molar-refractivity contribution in [2.24, 2.45) is 0 Å². The lowest BCUT2D eigenvalue weighted by molar-refractivity contribution is 0.0931. The molecule has 1 aromatic heterocycles. The van der Waals surface area contributed by atoms with Crippen LogP contribution in [0.2, 0.25) is 5.02 Å². The molecule has 3 aromatic rings. The first-order valence-corrected chi connectivity index (χ1v) is 8.61. The predicted molar refractivity (Wildman–Crippen MR) is 96.7 cm³/mol. The molecular formula is C20H17ClN2O2. The average molecular weight is 353 g/mol. The van der Waals surface area contributed by atoms with Crippen molar-refractivity contribution in [2.45, 2.75) is 25.8 Å². The van der Waals surface area contributed by atoms with Crippen LogP contribution >= 0.6 is 11.6 Å². The minimum absolute atomic E-state index is 0.0176. The van der Waals surface area contributed by atoms with Gasteiger partial charge < -0.3 is 9.73 Å². The number of amides is 1. The van der Waals surface area contributed by atoms with Gasteiger partial charge in [0.15, 0.2) is 5.69 Å². The number of hydrogen-bond acceptors (Lipinski definition) is 3. The van der Waals surface area contributed by atoms with Crippen LogP contribution in [0.15, 0.2) is 52.9 Å². The molecule has 1 unspecified atom stereocenters. The minimum atomic E-state index is -0.212. The summed E-state index contributed by atoms with van der Waals surface area (Å²) in [5.41, 5.74) is 3.51. The lowest BCUT2D eigenvalue weighted by atomic mass is 10.1. The lowest BCUT2D eigenvalue weighted by Gasteiger charge is -2.13. The molecule has 0 fully saturated rings. The van der Waals surface area contributed by atoms with Crippen LogP contribution in [-0.2, 0) is 6.42 Å². The number of nitrogens with zero attached hydrogens (tertiary/aromatic N) is 1. The first-order valence-electron chi connectivity index (χ1n) is 8.24. The van der Waals surface area contributed by atoms with E-state index in [2.05, 4.69) is 10.3 Å². The monoisotopic (exact) mass is 352 g/mol. The van der Waals surface area contributed by atoms with Gasteiger partial charge in [-0.05, 0) is 55.2 Å². The second kappa shape index (κ2) is 6.37. The van der Waals surface area contributed by atoms with Crippen LogP contribution in [0.3, 0.4) is 0 Å². The average Bonchev–Trinajstić information content (AvgIpc) is 3.19. The van der Waals surface area contributed by atoms with Gasteiger partial charge in [0.05, 0.1) is 6.04 Å². The van der Waals surface area contributed by atoms with Gasteiger partial charge >= 0.3 is 0 Å². The summed E-state index contributed by atoms with van der Waals surface area (Å²) in [7, 11) is 0. The van der Waals surface area contributed by atoms with E-state index in [-0.39, 0.29) is 11.9 Å². The highest BCUT2D eigenvalue weighted by Crippen LogP contribution is 2.33. The van der Waals surface area contributed by atoms with Crippen molar-refractivity contribution in [1.29, 1.82) is 0 Å². The molecule has 4 rings (SSSR count). The number of carbonyl (C=O) groups excluding carboxylic acids is 1.